The smallest absolute Gasteiger partial charge is 0.248 e. The van der Waals surface area contributed by atoms with Gasteiger partial charge in [-0.2, -0.15) is 5.10 Å². The number of benzene rings is 1. The highest BCUT2D eigenvalue weighted by atomic mass is 16.5. The number of anilines is 1. The summed E-state index contributed by atoms with van der Waals surface area (Å²) in [4.78, 5) is 26.4. The highest BCUT2D eigenvalue weighted by molar-refractivity contribution is 6.02. The van der Waals surface area contributed by atoms with Crippen LogP contribution in [0.1, 0.15) is 16.8 Å². The first kappa shape index (κ1) is 17.9. The van der Waals surface area contributed by atoms with Crippen LogP contribution in [0.3, 0.4) is 0 Å². The topological polar surface area (TPSA) is 99.7 Å². The molecular formula is C18H22N4O4. The number of carbonyl (C=O) groups is 2. The summed E-state index contributed by atoms with van der Waals surface area (Å²) >= 11 is 0. The zero-order valence-corrected chi connectivity index (χ0v) is 14.8. The Morgan fingerprint density at radius 2 is 2.00 bits per heavy atom. The minimum Gasteiger partial charge on any atom is -0.497 e. The third kappa shape index (κ3) is 3.41. The van der Waals surface area contributed by atoms with Gasteiger partial charge in [0.1, 0.15) is 18.2 Å². The quantitative estimate of drug-likeness (QED) is 0.778. The molecule has 3 rings (SSSR count). The summed E-state index contributed by atoms with van der Waals surface area (Å²) in [5, 5.41) is 4.25. The van der Waals surface area contributed by atoms with Gasteiger partial charge in [-0.15, -0.1) is 0 Å². The molecule has 0 aliphatic carbocycles. The van der Waals surface area contributed by atoms with Crippen LogP contribution in [0.5, 0.6) is 5.75 Å². The first-order valence-electron chi connectivity index (χ1n) is 8.34. The second kappa shape index (κ2) is 7.57. The number of ketones is 1. The molecule has 1 aromatic heterocycles. The standard InChI is InChI=1S/C18H22N4O4/c1-25-11-16(23)21-8-7-12(10-21)17(24)15-9-20-22(18(15)19)13-3-5-14(26-2)6-4-13/h3-6,9,12H,7-8,10-11,19H2,1-2H3/t12-/m1/s1. The molecule has 1 amide bonds. The summed E-state index contributed by atoms with van der Waals surface area (Å²) < 4.78 is 11.5. The van der Waals surface area contributed by atoms with Crippen molar-refractivity contribution in [3.63, 3.8) is 0 Å². The molecule has 1 aliphatic rings. The van der Waals surface area contributed by atoms with Crippen molar-refractivity contribution in [2.75, 3.05) is 39.6 Å². The zero-order chi connectivity index (χ0) is 18.7. The Kier molecular flexibility index (Phi) is 5.22. The molecule has 0 saturated carbocycles. The molecule has 1 aliphatic heterocycles. The molecule has 1 fully saturated rings. The molecule has 138 valence electrons. The minimum atomic E-state index is -0.272. The van der Waals surface area contributed by atoms with Crippen molar-refractivity contribution in [1.29, 1.82) is 0 Å². The number of nitrogen functional groups attached to an aromatic ring is 1. The fraction of sp³-hybridized carbons (Fsp3) is 0.389. The number of likely N-dealkylation sites (tertiary alicyclic amines) is 1. The van der Waals surface area contributed by atoms with E-state index in [1.807, 2.05) is 12.1 Å². The Balaban J connectivity index is 1.75. The summed E-state index contributed by atoms with van der Waals surface area (Å²) in [5.41, 5.74) is 7.29. The van der Waals surface area contributed by atoms with E-state index in [4.69, 9.17) is 15.2 Å². The second-order valence-corrected chi connectivity index (χ2v) is 6.18. The van der Waals surface area contributed by atoms with Crippen LogP contribution in [-0.2, 0) is 9.53 Å². The number of carbonyl (C=O) groups excluding carboxylic acids is 2. The van der Waals surface area contributed by atoms with Crippen molar-refractivity contribution >= 4 is 17.5 Å². The summed E-state index contributed by atoms with van der Waals surface area (Å²) in [5.74, 6) is 0.552. The van der Waals surface area contributed by atoms with Crippen LogP contribution in [0.15, 0.2) is 30.5 Å². The molecule has 1 saturated heterocycles. The lowest BCUT2D eigenvalue weighted by Gasteiger charge is -2.15. The Morgan fingerprint density at radius 3 is 2.65 bits per heavy atom. The van der Waals surface area contributed by atoms with Gasteiger partial charge < -0.3 is 20.1 Å². The highest BCUT2D eigenvalue weighted by Crippen LogP contribution is 2.26. The van der Waals surface area contributed by atoms with Gasteiger partial charge in [-0.3, -0.25) is 9.59 Å². The minimum absolute atomic E-state index is 0.0262. The number of Topliss-reactive ketones (excluding diaryl/α,β-unsaturated/α-hetero) is 1. The van der Waals surface area contributed by atoms with Crippen molar-refractivity contribution < 1.29 is 19.1 Å². The van der Waals surface area contributed by atoms with Gasteiger partial charge in [0, 0.05) is 26.1 Å². The Labute approximate surface area is 151 Å². The molecule has 0 spiro atoms. The Hall–Kier alpha value is -2.87. The third-order valence-corrected chi connectivity index (χ3v) is 4.57. The lowest BCUT2D eigenvalue weighted by Crippen LogP contribution is -2.32. The van der Waals surface area contributed by atoms with Crippen LogP contribution in [-0.4, -0.2) is 60.3 Å². The van der Waals surface area contributed by atoms with Gasteiger partial charge in [-0.05, 0) is 30.7 Å². The predicted octanol–water partition coefficient (Wildman–Crippen LogP) is 1.14. The van der Waals surface area contributed by atoms with Gasteiger partial charge in [0.15, 0.2) is 5.78 Å². The van der Waals surface area contributed by atoms with E-state index in [1.165, 1.54) is 18.0 Å². The van der Waals surface area contributed by atoms with E-state index in [2.05, 4.69) is 5.10 Å². The van der Waals surface area contributed by atoms with E-state index in [0.29, 0.717) is 30.9 Å². The monoisotopic (exact) mass is 358 g/mol. The largest absolute Gasteiger partial charge is 0.497 e. The van der Waals surface area contributed by atoms with Crippen LogP contribution < -0.4 is 10.5 Å². The van der Waals surface area contributed by atoms with E-state index in [0.717, 1.165) is 11.4 Å². The van der Waals surface area contributed by atoms with E-state index in [-0.39, 0.29) is 24.2 Å². The fourth-order valence-electron chi connectivity index (χ4n) is 3.11. The van der Waals surface area contributed by atoms with Crippen molar-refractivity contribution in [3.05, 3.63) is 36.0 Å². The van der Waals surface area contributed by atoms with Crippen molar-refractivity contribution in [2.45, 2.75) is 6.42 Å². The normalized spacial score (nSPS) is 16.7. The van der Waals surface area contributed by atoms with Gasteiger partial charge in [0.05, 0.1) is 24.6 Å². The molecule has 26 heavy (non-hydrogen) atoms. The first-order chi connectivity index (χ1) is 12.5. The highest BCUT2D eigenvalue weighted by Gasteiger charge is 2.33. The van der Waals surface area contributed by atoms with Gasteiger partial charge in [-0.1, -0.05) is 0 Å². The predicted molar refractivity (Wildman–Crippen MR) is 95.4 cm³/mol. The number of aromatic nitrogens is 2. The molecule has 1 atom stereocenters. The van der Waals surface area contributed by atoms with Crippen LogP contribution in [0.2, 0.25) is 0 Å². The number of hydrogen-bond acceptors (Lipinski definition) is 6. The van der Waals surface area contributed by atoms with Crippen molar-refractivity contribution in [1.82, 2.24) is 14.7 Å². The van der Waals surface area contributed by atoms with Gasteiger partial charge >= 0.3 is 0 Å². The maximum atomic E-state index is 12.8. The molecule has 0 radical (unpaired) electrons. The average Bonchev–Trinajstić information content (AvgIpc) is 3.29. The first-order valence-corrected chi connectivity index (χ1v) is 8.34. The Bertz CT molecular complexity index is 800. The van der Waals surface area contributed by atoms with Crippen molar-refractivity contribution in [2.24, 2.45) is 5.92 Å². The molecule has 0 unspecified atom stereocenters. The molecule has 1 aromatic carbocycles. The molecule has 8 nitrogen and oxygen atoms in total. The number of nitrogens with two attached hydrogens (primary N) is 1. The number of ether oxygens (including phenoxy) is 2. The molecular weight excluding hydrogens is 336 g/mol. The average molecular weight is 358 g/mol. The molecule has 2 aromatic rings. The van der Waals surface area contributed by atoms with Gasteiger partial charge in [0.2, 0.25) is 5.91 Å². The van der Waals surface area contributed by atoms with E-state index >= 15 is 0 Å². The number of methoxy groups -OCH3 is 2. The van der Waals surface area contributed by atoms with Crippen LogP contribution >= 0.6 is 0 Å². The van der Waals surface area contributed by atoms with Crippen LogP contribution in [0.4, 0.5) is 5.82 Å². The van der Waals surface area contributed by atoms with Gasteiger partial charge in [-0.25, -0.2) is 4.68 Å². The van der Waals surface area contributed by atoms with Crippen LogP contribution in [0.25, 0.3) is 5.69 Å². The molecule has 2 N–H and O–H groups in total. The number of hydrogen-bond donors (Lipinski definition) is 1. The maximum Gasteiger partial charge on any atom is 0.248 e. The second-order valence-electron chi connectivity index (χ2n) is 6.18. The Morgan fingerprint density at radius 1 is 1.27 bits per heavy atom. The third-order valence-electron chi connectivity index (χ3n) is 4.57. The van der Waals surface area contributed by atoms with Gasteiger partial charge in [0.25, 0.3) is 0 Å². The van der Waals surface area contributed by atoms with E-state index in [9.17, 15) is 9.59 Å². The summed E-state index contributed by atoms with van der Waals surface area (Å²) in [6, 6.07) is 7.23. The summed E-state index contributed by atoms with van der Waals surface area (Å²) in [6.45, 7) is 0.956. The summed E-state index contributed by atoms with van der Waals surface area (Å²) in [7, 11) is 3.07. The fourth-order valence-corrected chi connectivity index (χ4v) is 3.11. The SMILES string of the molecule is COCC(=O)N1CC[C@@H](C(=O)c2cnn(-c3ccc(OC)cc3)c2N)C1. The maximum absolute atomic E-state index is 12.8. The van der Waals surface area contributed by atoms with Crippen molar-refractivity contribution in [3.8, 4) is 11.4 Å². The molecule has 2 heterocycles. The van der Waals surface area contributed by atoms with Crippen LogP contribution in [0, 0.1) is 5.92 Å². The van der Waals surface area contributed by atoms with E-state index < -0.39 is 0 Å². The number of rotatable bonds is 6. The molecule has 0 bridgehead atoms. The summed E-state index contributed by atoms with van der Waals surface area (Å²) in [6.07, 6.45) is 2.10. The molecule has 8 heteroatoms. The van der Waals surface area contributed by atoms with E-state index in [1.54, 1.807) is 24.1 Å². The number of amides is 1. The lowest BCUT2D eigenvalue weighted by molar-refractivity contribution is -0.134. The number of nitrogens with zero attached hydrogens (tertiary/aromatic N) is 3. The lowest BCUT2D eigenvalue weighted by atomic mass is 9.98. The zero-order valence-electron chi connectivity index (χ0n) is 14.8.